The zero-order valence-electron chi connectivity index (χ0n) is 12.6. The topological polar surface area (TPSA) is 54.0 Å². The lowest BCUT2D eigenvalue weighted by Gasteiger charge is -2.13. The molecule has 1 saturated carbocycles. The molecular weight excluding hydrogens is 274 g/mol. The van der Waals surface area contributed by atoms with Crippen molar-refractivity contribution in [2.45, 2.75) is 37.6 Å². The van der Waals surface area contributed by atoms with Gasteiger partial charge >= 0.3 is 0 Å². The van der Waals surface area contributed by atoms with Crippen LogP contribution in [0.15, 0.2) is 30.3 Å². The molecule has 114 valence electrons. The van der Waals surface area contributed by atoms with Gasteiger partial charge in [0.05, 0.1) is 11.1 Å². The number of hydrogen-bond acceptors (Lipinski definition) is 3. The lowest BCUT2D eigenvalue weighted by atomic mass is 10.1. The molecule has 4 rings (SSSR count). The molecule has 2 N–H and O–H groups in total. The summed E-state index contributed by atoms with van der Waals surface area (Å²) in [5, 5.41) is 7.45. The van der Waals surface area contributed by atoms with Crippen LogP contribution in [0.5, 0.6) is 0 Å². The lowest BCUT2D eigenvalue weighted by molar-refractivity contribution is 0.0952. The summed E-state index contributed by atoms with van der Waals surface area (Å²) in [5.41, 5.74) is 2.77. The molecule has 1 unspecified atom stereocenters. The number of nitrogens with zero attached hydrogens (tertiary/aromatic N) is 1. The highest BCUT2D eigenvalue weighted by atomic mass is 16.1. The summed E-state index contributed by atoms with van der Waals surface area (Å²) in [6, 6.07) is 10.3. The fourth-order valence-electron chi connectivity index (χ4n) is 3.21. The minimum absolute atomic E-state index is 0.0224. The van der Waals surface area contributed by atoms with Crippen LogP contribution in [-0.2, 0) is 0 Å². The number of benzene rings is 1. The number of pyridine rings is 1. The zero-order chi connectivity index (χ0) is 14.9. The van der Waals surface area contributed by atoms with E-state index in [9.17, 15) is 4.79 Å². The summed E-state index contributed by atoms with van der Waals surface area (Å²) < 4.78 is 0. The smallest absolute Gasteiger partial charge is 0.252 e. The van der Waals surface area contributed by atoms with Gasteiger partial charge in [-0.2, -0.15) is 0 Å². The van der Waals surface area contributed by atoms with Crippen molar-refractivity contribution >= 4 is 16.8 Å². The SMILES string of the molecule is O=C(NCC1CCCN1)c1cc(C2CC2)nc2ccccc12. The van der Waals surface area contributed by atoms with Crippen LogP contribution in [0.2, 0.25) is 0 Å². The Labute approximate surface area is 130 Å². The Bertz CT molecular complexity index is 703. The van der Waals surface area contributed by atoms with Gasteiger partial charge in [0, 0.05) is 29.6 Å². The van der Waals surface area contributed by atoms with E-state index in [-0.39, 0.29) is 5.91 Å². The molecule has 1 aliphatic heterocycles. The van der Waals surface area contributed by atoms with E-state index in [1.54, 1.807) is 0 Å². The highest BCUT2D eigenvalue weighted by molar-refractivity contribution is 6.06. The van der Waals surface area contributed by atoms with Crippen molar-refractivity contribution in [3.63, 3.8) is 0 Å². The molecule has 1 aromatic carbocycles. The number of rotatable bonds is 4. The molecule has 1 saturated heterocycles. The molecule has 0 spiro atoms. The molecule has 4 heteroatoms. The molecule has 22 heavy (non-hydrogen) atoms. The van der Waals surface area contributed by atoms with Crippen LogP contribution in [-0.4, -0.2) is 30.0 Å². The van der Waals surface area contributed by atoms with Gasteiger partial charge in [-0.1, -0.05) is 18.2 Å². The fraction of sp³-hybridized carbons (Fsp3) is 0.444. The third kappa shape index (κ3) is 2.71. The summed E-state index contributed by atoms with van der Waals surface area (Å²) in [6.45, 7) is 1.76. The second-order valence-corrected chi connectivity index (χ2v) is 6.39. The molecule has 1 amide bonds. The van der Waals surface area contributed by atoms with Gasteiger partial charge in [0.1, 0.15) is 0 Å². The minimum Gasteiger partial charge on any atom is -0.350 e. The van der Waals surface area contributed by atoms with E-state index in [2.05, 4.69) is 10.6 Å². The van der Waals surface area contributed by atoms with Gasteiger partial charge in [-0.15, -0.1) is 0 Å². The highest BCUT2D eigenvalue weighted by Crippen LogP contribution is 2.40. The van der Waals surface area contributed by atoms with Crippen molar-refractivity contribution in [2.24, 2.45) is 0 Å². The van der Waals surface area contributed by atoms with Crippen molar-refractivity contribution in [3.8, 4) is 0 Å². The molecule has 2 fully saturated rings. The Balaban J connectivity index is 1.62. The number of carbonyl (C=O) groups excluding carboxylic acids is 1. The first kappa shape index (κ1) is 13.7. The quantitative estimate of drug-likeness (QED) is 0.911. The second kappa shape index (κ2) is 5.69. The largest absolute Gasteiger partial charge is 0.350 e. The second-order valence-electron chi connectivity index (χ2n) is 6.39. The zero-order valence-corrected chi connectivity index (χ0v) is 12.6. The van der Waals surface area contributed by atoms with Crippen molar-refractivity contribution in [1.82, 2.24) is 15.6 Å². The van der Waals surface area contributed by atoms with Gasteiger partial charge in [-0.25, -0.2) is 0 Å². The van der Waals surface area contributed by atoms with E-state index in [4.69, 9.17) is 4.98 Å². The first-order chi connectivity index (χ1) is 10.8. The van der Waals surface area contributed by atoms with E-state index in [0.29, 0.717) is 18.5 Å². The summed E-state index contributed by atoms with van der Waals surface area (Å²) >= 11 is 0. The molecule has 2 aromatic rings. The van der Waals surface area contributed by atoms with E-state index >= 15 is 0 Å². The number of fused-ring (bicyclic) bond motifs is 1. The van der Waals surface area contributed by atoms with E-state index in [1.165, 1.54) is 19.3 Å². The van der Waals surface area contributed by atoms with Gasteiger partial charge in [0.15, 0.2) is 0 Å². The minimum atomic E-state index is 0.0224. The van der Waals surface area contributed by atoms with Crippen LogP contribution in [0, 0.1) is 0 Å². The number of aromatic nitrogens is 1. The van der Waals surface area contributed by atoms with Crippen molar-refractivity contribution in [1.29, 1.82) is 0 Å². The fourth-order valence-corrected chi connectivity index (χ4v) is 3.21. The van der Waals surface area contributed by atoms with Crippen LogP contribution in [0.4, 0.5) is 0 Å². The Morgan fingerprint density at radius 2 is 2.14 bits per heavy atom. The molecule has 2 heterocycles. The predicted octanol–water partition coefficient (Wildman–Crippen LogP) is 2.59. The standard InChI is InChI=1S/C18H21N3O/c22-18(20-11-13-4-3-9-19-13)15-10-17(12-7-8-12)21-16-6-2-1-5-14(15)16/h1-2,5-6,10,12-13,19H,3-4,7-9,11H2,(H,20,22). The van der Waals surface area contributed by atoms with Crippen LogP contribution in [0.3, 0.4) is 0 Å². The van der Waals surface area contributed by atoms with Crippen molar-refractivity contribution in [3.05, 3.63) is 41.6 Å². The monoisotopic (exact) mass is 295 g/mol. The lowest BCUT2D eigenvalue weighted by Crippen LogP contribution is -2.37. The summed E-state index contributed by atoms with van der Waals surface area (Å²) in [4.78, 5) is 17.4. The number of amides is 1. The summed E-state index contributed by atoms with van der Waals surface area (Å²) in [5.74, 6) is 0.571. The maximum Gasteiger partial charge on any atom is 0.252 e. The Kier molecular flexibility index (Phi) is 3.54. The van der Waals surface area contributed by atoms with Crippen LogP contribution in [0.25, 0.3) is 10.9 Å². The molecule has 1 aliphatic carbocycles. The molecule has 0 radical (unpaired) electrons. The van der Waals surface area contributed by atoms with Gasteiger partial charge < -0.3 is 10.6 Å². The third-order valence-corrected chi connectivity index (χ3v) is 4.65. The molecule has 1 atom stereocenters. The van der Waals surface area contributed by atoms with Gasteiger partial charge in [0.25, 0.3) is 5.91 Å². The Morgan fingerprint density at radius 3 is 2.91 bits per heavy atom. The molecular formula is C18H21N3O. The van der Waals surface area contributed by atoms with Gasteiger partial charge in [-0.05, 0) is 44.4 Å². The van der Waals surface area contributed by atoms with Crippen LogP contribution >= 0.6 is 0 Å². The average Bonchev–Trinajstić information content (AvgIpc) is 3.28. The normalized spacial score (nSPS) is 21.2. The summed E-state index contributed by atoms with van der Waals surface area (Å²) in [7, 11) is 0. The maximum atomic E-state index is 12.6. The molecule has 2 aliphatic rings. The first-order valence-corrected chi connectivity index (χ1v) is 8.22. The predicted molar refractivity (Wildman–Crippen MR) is 87.1 cm³/mol. The average molecular weight is 295 g/mol. The molecule has 0 bridgehead atoms. The molecule has 1 aromatic heterocycles. The van der Waals surface area contributed by atoms with Crippen molar-refractivity contribution < 1.29 is 4.79 Å². The highest BCUT2D eigenvalue weighted by Gasteiger charge is 2.27. The number of para-hydroxylation sites is 1. The number of carbonyl (C=O) groups is 1. The first-order valence-electron chi connectivity index (χ1n) is 8.22. The number of hydrogen-bond donors (Lipinski definition) is 2. The van der Waals surface area contributed by atoms with E-state index in [0.717, 1.165) is 35.1 Å². The van der Waals surface area contributed by atoms with Gasteiger partial charge in [-0.3, -0.25) is 9.78 Å². The molecule has 4 nitrogen and oxygen atoms in total. The van der Waals surface area contributed by atoms with Crippen LogP contribution in [0.1, 0.15) is 47.7 Å². The Morgan fingerprint density at radius 1 is 1.27 bits per heavy atom. The maximum absolute atomic E-state index is 12.6. The third-order valence-electron chi connectivity index (χ3n) is 4.65. The van der Waals surface area contributed by atoms with E-state index in [1.807, 2.05) is 30.3 Å². The van der Waals surface area contributed by atoms with E-state index < -0.39 is 0 Å². The van der Waals surface area contributed by atoms with Crippen molar-refractivity contribution in [2.75, 3.05) is 13.1 Å². The van der Waals surface area contributed by atoms with Crippen LogP contribution < -0.4 is 10.6 Å². The Hall–Kier alpha value is -1.94. The summed E-state index contributed by atoms with van der Waals surface area (Å²) in [6.07, 6.45) is 4.73. The van der Waals surface area contributed by atoms with Gasteiger partial charge in [0.2, 0.25) is 0 Å². The number of nitrogens with one attached hydrogen (secondary N) is 2.